The number of halogens is 2. The average Bonchev–Trinajstić information content (AvgIpc) is 2.58. The van der Waals surface area contributed by atoms with Crippen molar-refractivity contribution >= 4 is 63.6 Å². The molecule has 0 aliphatic carbocycles. The van der Waals surface area contributed by atoms with Crippen LogP contribution in [0.1, 0.15) is 13.3 Å². The molecular weight excluding hydrogens is 550 g/mol. The van der Waals surface area contributed by atoms with Crippen LogP contribution < -0.4 is 0 Å². The molecule has 8 heteroatoms. The highest BCUT2D eigenvalue weighted by atomic mass is 127. The van der Waals surface area contributed by atoms with E-state index >= 15 is 0 Å². The van der Waals surface area contributed by atoms with E-state index in [1.165, 1.54) is 0 Å². The van der Waals surface area contributed by atoms with Gasteiger partial charge in [0.1, 0.15) is 1.43 Å². The lowest BCUT2D eigenvalue weighted by atomic mass is 9.92. The van der Waals surface area contributed by atoms with Crippen molar-refractivity contribution < 1.29 is 4.79 Å². The molecule has 2 fully saturated rings. The van der Waals surface area contributed by atoms with E-state index in [0.29, 0.717) is 18.0 Å². The van der Waals surface area contributed by atoms with Crippen LogP contribution in [0.15, 0.2) is 0 Å². The Kier molecular flexibility index (Phi) is 8.11. The van der Waals surface area contributed by atoms with Crippen LogP contribution in [0.4, 0.5) is 0 Å². The van der Waals surface area contributed by atoms with Crippen molar-refractivity contribution in [3.63, 3.8) is 0 Å². The van der Waals surface area contributed by atoms with Gasteiger partial charge in [-0.1, -0.05) is 52.1 Å². The molecule has 2 saturated heterocycles. The van der Waals surface area contributed by atoms with Crippen LogP contribution in [-0.4, -0.2) is 105 Å². The molecule has 5 nitrogen and oxygen atoms in total. The minimum absolute atomic E-state index is 0.259. The van der Waals surface area contributed by atoms with Gasteiger partial charge >= 0.3 is 0 Å². The molecule has 0 aromatic heterocycles. The zero-order valence-electron chi connectivity index (χ0n) is 15.0. The lowest BCUT2D eigenvalue weighted by molar-refractivity contribution is -0.152. The molecule has 0 unspecified atom stereocenters. The molecule has 2 rings (SSSR count). The van der Waals surface area contributed by atoms with Gasteiger partial charge in [0.25, 0.3) is 0 Å². The van der Waals surface area contributed by atoms with Gasteiger partial charge in [-0.2, -0.15) is 12.6 Å². The Balaban J connectivity index is 2.45. The number of alkyl halides is 2. The topological polar surface area (TPSA) is 30.0 Å². The summed E-state index contributed by atoms with van der Waals surface area (Å²) in [5.74, 6) is 1.02. The van der Waals surface area contributed by atoms with Crippen LogP contribution in [0, 0.1) is 0 Å². The van der Waals surface area contributed by atoms with Gasteiger partial charge in [-0.25, -0.2) is 0 Å². The van der Waals surface area contributed by atoms with Crippen LogP contribution in [0.2, 0.25) is 0 Å². The molecule has 0 N–H and O–H groups in total. The van der Waals surface area contributed by atoms with E-state index in [2.05, 4.69) is 91.5 Å². The number of likely N-dealkylation sites (N-methyl/N-ethyl adjacent to an activating group) is 2. The average molecular weight is 580 g/mol. The summed E-state index contributed by atoms with van der Waals surface area (Å²) >= 11 is 9.64. The summed E-state index contributed by atoms with van der Waals surface area (Å²) in [5.41, 5.74) is -0.562. The maximum absolute atomic E-state index is 13.4. The predicted molar refractivity (Wildman–Crippen MR) is 121 cm³/mol. The van der Waals surface area contributed by atoms with E-state index in [9.17, 15) is 4.79 Å². The zero-order valence-corrected chi connectivity index (χ0v) is 20.2. The number of nitrogens with zero attached hydrogens (tertiary/aromatic N) is 4. The molecule has 0 spiro atoms. The summed E-state index contributed by atoms with van der Waals surface area (Å²) in [4.78, 5) is 23.1. The fourth-order valence-electron chi connectivity index (χ4n) is 3.84. The van der Waals surface area contributed by atoms with Crippen LogP contribution >= 0.6 is 57.8 Å². The summed E-state index contributed by atoms with van der Waals surface area (Å²) in [6, 6.07) is 0. The van der Waals surface area contributed by atoms with Crippen molar-refractivity contribution in [2.45, 2.75) is 20.4 Å². The first kappa shape index (κ1) is 21.6. The SMILES string of the molecule is CCC(=O)C(N1CCN(C)CC1)(N1CCN(C)CC1)C(I)(I)CS. The Labute approximate surface area is 179 Å². The first-order valence-electron chi connectivity index (χ1n) is 8.68. The van der Waals surface area contributed by atoms with E-state index in [1.807, 2.05) is 6.92 Å². The molecule has 140 valence electrons. The van der Waals surface area contributed by atoms with Crippen LogP contribution in [-0.2, 0) is 4.79 Å². The minimum Gasteiger partial charge on any atom is -0.304 e. The first-order chi connectivity index (χ1) is 11.3. The fraction of sp³-hybridized carbons (Fsp3) is 0.938. The van der Waals surface area contributed by atoms with Crippen LogP contribution in [0.5, 0.6) is 0 Å². The van der Waals surface area contributed by atoms with Crippen molar-refractivity contribution in [3.05, 3.63) is 0 Å². The molecule has 0 atom stereocenters. The number of carbonyl (C=O) groups excluding carboxylic acids is 1. The number of hydrogen-bond acceptors (Lipinski definition) is 6. The van der Waals surface area contributed by atoms with Gasteiger partial charge in [0, 0.05) is 64.5 Å². The fourth-order valence-corrected chi connectivity index (χ4v) is 6.02. The van der Waals surface area contributed by atoms with E-state index in [0.717, 1.165) is 52.4 Å². The Morgan fingerprint density at radius 2 is 1.29 bits per heavy atom. The standard InChI is InChI=1S/C16H30I2N4OS/c1-4-14(23)16(15(17,18)13-24,21-9-5-19(2)6-10-21)22-11-7-20(3)8-12-22/h24H,4-13H2,1-3H3. The van der Waals surface area contributed by atoms with Gasteiger partial charge in [0.15, 0.2) is 11.4 Å². The minimum atomic E-state index is -0.562. The lowest BCUT2D eigenvalue weighted by Crippen LogP contribution is -2.77. The highest BCUT2D eigenvalue weighted by Gasteiger charge is 2.60. The van der Waals surface area contributed by atoms with Crippen molar-refractivity contribution in [2.75, 3.05) is 72.2 Å². The second-order valence-electron chi connectivity index (χ2n) is 6.89. The molecular formula is C16H30I2N4OS. The number of thiol groups is 1. The van der Waals surface area contributed by atoms with Gasteiger partial charge in [0.05, 0.1) is 0 Å². The Morgan fingerprint density at radius 1 is 0.917 bits per heavy atom. The molecule has 0 amide bonds. The summed E-state index contributed by atoms with van der Waals surface area (Å²) in [7, 11) is 4.33. The first-order valence-corrected chi connectivity index (χ1v) is 11.5. The van der Waals surface area contributed by atoms with Crippen molar-refractivity contribution in [1.29, 1.82) is 0 Å². The summed E-state index contributed by atoms with van der Waals surface area (Å²) < 4.78 is -0.259. The summed E-state index contributed by atoms with van der Waals surface area (Å²) in [5, 5.41) is 0. The van der Waals surface area contributed by atoms with Crippen molar-refractivity contribution in [3.8, 4) is 0 Å². The summed E-state index contributed by atoms with van der Waals surface area (Å²) in [6.07, 6.45) is 0.570. The molecule has 0 aromatic rings. The Hall–Kier alpha value is 1.32. The van der Waals surface area contributed by atoms with Gasteiger partial charge in [-0.05, 0) is 14.1 Å². The molecule has 0 saturated carbocycles. The lowest BCUT2D eigenvalue weighted by Gasteiger charge is -2.58. The van der Waals surface area contributed by atoms with Crippen molar-refractivity contribution in [2.24, 2.45) is 0 Å². The van der Waals surface area contributed by atoms with E-state index < -0.39 is 5.66 Å². The molecule has 24 heavy (non-hydrogen) atoms. The highest BCUT2D eigenvalue weighted by molar-refractivity contribution is 14.2. The van der Waals surface area contributed by atoms with E-state index in [4.69, 9.17) is 0 Å². The number of rotatable bonds is 6. The molecule has 2 aliphatic heterocycles. The van der Waals surface area contributed by atoms with Gasteiger partial charge < -0.3 is 9.80 Å². The maximum Gasteiger partial charge on any atom is 0.169 e. The van der Waals surface area contributed by atoms with Gasteiger partial charge in [-0.3, -0.25) is 14.6 Å². The largest absolute Gasteiger partial charge is 0.304 e. The number of Topliss-reactive ketones (excluding diaryl/α,β-unsaturated/α-hetero) is 1. The number of ketones is 1. The van der Waals surface area contributed by atoms with Gasteiger partial charge in [0.2, 0.25) is 0 Å². The summed E-state index contributed by atoms with van der Waals surface area (Å²) in [6.45, 7) is 9.83. The molecule has 0 aromatic carbocycles. The van der Waals surface area contributed by atoms with E-state index in [1.54, 1.807) is 0 Å². The van der Waals surface area contributed by atoms with Crippen LogP contribution in [0.3, 0.4) is 0 Å². The third-order valence-corrected chi connectivity index (χ3v) is 9.29. The third kappa shape index (κ3) is 4.09. The highest BCUT2D eigenvalue weighted by Crippen LogP contribution is 2.47. The number of carbonyl (C=O) groups is 1. The molecule has 2 aliphatic rings. The normalized spacial score (nSPS) is 23.6. The maximum atomic E-state index is 13.4. The predicted octanol–water partition coefficient (Wildman–Crippen LogP) is 1.65. The molecule has 2 heterocycles. The second-order valence-corrected chi connectivity index (χ2v) is 13.0. The number of hydrogen-bond donors (Lipinski definition) is 1. The Bertz CT molecular complexity index is 414. The zero-order chi connectivity index (χ0) is 18.0. The Morgan fingerprint density at radius 3 is 1.58 bits per heavy atom. The molecule has 0 radical (unpaired) electrons. The van der Waals surface area contributed by atoms with Gasteiger partial charge in [-0.15, -0.1) is 0 Å². The molecule has 0 bridgehead atoms. The van der Waals surface area contributed by atoms with E-state index in [-0.39, 0.29) is 1.43 Å². The smallest absolute Gasteiger partial charge is 0.169 e. The van der Waals surface area contributed by atoms with Crippen LogP contribution in [0.25, 0.3) is 0 Å². The number of piperazine rings is 2. The monoisotopic (exact) mass is 580 g/mol. The van der Waals surface area contributed by atoms with Crippen molar-refractivity contribution in [1.82, 2.24) is 19.6 Å². The second kappa shape index (κ2) is 9.01. The quantitative estimate of drug-likeness (QED) is 0.294. The third-order valence-electron chi connectivity index (χ3n) is 5.34.